The van der Waals surface area contributed by atoms with Gasteiger partial charge in [-0.05, 0) is 35.9 Å². The van der Waals surface area contributed by atoms with Crippen molar-refractivity contribution >= 4 is 16.5 Å². The van der Waals surface area contributed by atoms with Crippen LogP contribution in [-0.2, 0) is 0 Å². The average molecular weight is 310 g/mol. The number of anilines is 1. The van der Waals surface area contributed by atoms with Crippen molar-refractivity contribution < 1.29 is 0 Å². The Bertz CT molecular complexity index is 639. The fourth-order valence-corrected chi connectivity index (χ4v) is 3.68. The molecule has 0 N–H and O–H groups in total. The SMILES string of the molecule is CCCCN1CCN(c2ccc(C(C)C)c3ccccc23)CC1. The van der Waals surface area contributed by atoms with Crippen LogP contribution < -0.4 is 4.90 Å². The van der Waals surface area contributed by atoms with Crippen LogP contribution in [0.5, 0.6) is 0 Å². The number of nitrogens with zero attached hydrogens (tertiary/aromatic N) is 2. The Labute approximate surface area is 141 Å². The molecule has 1 fully saturated rings. The van der Waals surface area contributed by atoms with Gasteiger partial charge in [-0.1, -0.05) is 57.5 Å². The Hall–Kier alpha value is -1.54. The van der Waals surface area contributed by atoms with Crippen molar-refractivity contribution in [3.63, 3.8) is 0 Å². The summed E-state index contributed by atoms with van der Waals surface area (Å²) < 4.78 is 0. The van der Waals surface area contributed by atoms with E-state index in [2.05, 4.69) is 67.0 Å². The summed E-state index contributed by atoms with van der Waals surface area (Å²) in [5.74, 6) is 0.569. The van der Waals surface area contributed by atoms with Gasteiger partial charge in [-0.2, -0.15) is 0 Å². The van der Waals surface area contributed by atoms with Gasteiger partial charge < -0.3 is 4.90 Å². The second-order valence-electron chi connectivity index (χ2n) is 7.06. The molecule has 1 aliphatic heterocycles. The molecule has 0 aromatic heterocycles. The molecule has 3 rings (SSSR count). The molecule has 0 radical (unpaired) electrons. The molecule has 0 bridgehead atoms. The van der Waals surface area contributed by atoms with Crippen molar-refractivity contribution in [2.45, 2.75) is 39.5 Å². The maximum atomic E-state index is 2.62. The highest BCUT2D eigenvalue weighted by Crippen LogP contribution is 2.33. The average Bonchev–Trinajstić information content (AvgIpc) is 2.59. The van der Waals surface area contributed by atoms with Crippen LogP contribution in [0.3, 0.4) is 0 Å². The molecular formula is C21H30N2. The summed E-state index contributed by atoms with van der Waals surface area (Å²) in [6.45, 7) is 12.8. The van der Waals surface area contributed by atoms with Gasteiger partial charge in [0.2, 0.25) is 0 Å². The topological polar surface area (TPSA) is 6.48 Å². The van der Waals surface area contributed by atoms with E-state index >= 15 is 0 Å². The first-order chi connectivity index (χ1) is 11.2. The molecule has 2 aromatic rings. The van der Waals surface area contributed by atoms with E-state index in [1.165, 1.54) is 54.5 Å². The van der Waals surface area contributed by atoms with E-state index in [1.54, 1.807) is 0 Å². The molecule has 2 aromatic carbocycles. The number of benzene rings is 2. The first-order valence-electron chi connectivity index (χ1n) is 9.19. The van der Waals surface area contributed by atoms with Gasteiger partial charge in [-0.25, -0.2) is 0 Å². The fraction of sp³-hybridized carbons (Fsp3) is 0.524. The van der Waals surface area contributed by atoms with Crippen molar-refractivity contribution in [1.29, 1.82) is 0 Å². The summed E-state index contributed by atoms with van der Waals surface area (Å²) in [4.78, 5) is 5.19. The van der Waals surface area contributed by atoms with Gasteiger partial charge in [0.15, 0.2) is 0 Å². The summed E-state index contributed by atoms with van der Waals surface area (Å²) in [5.41, 5.74) is 2.88. The van der Waals surface area contributed by atoms with Gasteiger partial charge in [0, 0.05) is 37.3 Å². The number of hydrogen-bond donors (Lipinski definition) is 0. The number of rotatable bonds is 5. The maximum absolute atomic E-state index is 2.62. The van der Waals surface area contributed by atoms with E-state index in [9.17, 15) is 0 Å². The molecule has 0 atom stereocenters. The summed E-state index contributed by atoms with van der Waals surface area (Å²) in [6.07, 6.45) is 2.62. The Morgan fingerprint density at radius 2 is 1.61 bits per heavy atom. The van der Waals surface area contributed by atoms with E-state index in [4.69, 9.17) is 0 Å². The van der Waals surface area contributed by atoms with Crippen LogP contribution in [-0.4, -0.2) is 37.6 Å². The number of hydrogen-bond acceptors (Lipinski definition) is 2. The second-order valence-corrected chi connectivity index (χ2v) is 7.06. The Kier molecular flexibility index (Phi) is 5.22. The predicted molar refractivity (Wildman–Crippen MR) is 102 cm³/mol. The summed E-state index contributed by atoms with van der Waals surface area (Å²) in [6, 6.07) is 13.6. The van der Waals surface area contributed by atoms with Gasteiger partial charge in [-0.15, -0.1) is 0 Å². The third-order valence-corrected chi connectivity index (χ3v) is 5.10. The molecule has 0 spiro atoms. The molecule has 1 aliphatic rings. The Balaban J connectivity index is 1.83. The molecule has 1 heterocycles. The van der Waals surface area contributed by atoms with Gasteiger partial charge in [0.1, 0.15) is 0 Å². The van der Waals surface area contributed by atoms with Gasteiger partial charge in [-0.3, -0.25) is 4.90 Å². The van der Waals surface area contributed by atoms with Crippen molar-refractivity contribution in [2.24, 2.45) is 0 Å². The zero-order valence-corrected chi connectivity index (χ0v) is 14.9. The minimum absolute atomic E-state index is 0.569. The molecule has 0 unspecified atom stereocenters. The fourth-order valence-electron chi connectivity index (χ4n) is 3.68. The standard InChI is InChI=1S/C21H30N2/c1-4-5-12-22-13-15-23(16-14-22)21-11-10-18(17(2)3)19-8-6-7-9-20(19)21/h6-11,17H,4-5,12-16H2,1-3H3. The van der Waals surface area contributed by atoms with Crippen molar-refractivity contribution in [3.8, 4) is 0 Å². The van der Waals surface area contributed by atoms with E-state index in [-0.39, 0.29) is 0 Å². The van der Waals surface area contributed by atoms with Crippen molar-refractivity contribution in [1.82, 2.24) is 4.90 Å². The van der Waals surface area contributed by atoms with Gasteiger partial charge in [0.25, 0.3) is 0 Å². The van der Waals surface area contributed by atoms with E-state index in [0.717, 1.165) is 13.1 Å². The third kappa shape index (κ3) is 3.53. The highest BCUT2D eigenvalue weighted by atomic mass is 15.3. The summed E-state index contributed by atoms with van der Waals surface area (Å²) >= 11 is 0. The van der Waals surface area contributed by atoms with Gasteiger partial charge in [0.05, 0.1) is 0 Å². The summed E-state index contributed by atoms with van der Waals surface area (Å²) in [7, 11) is 0. The second kappa shape index (κ2) is 7.35. The predicted octanol–water partition coefficient (Wildman–Crippen LogP) is 4.89. The molecule has 2 nitrogen and oxygen atoms in total. The van der Waals surface area contributed by atoms with E-state index in [1.807, 2.05) is 0 Å². The molecule has 0 saturated carbocycles. The molecule has 23 heavy (non-hydrogen) atoms. The molecule has 124 valence electrons. The van der Waals surface area contributed by atoms with Crippen LogP contribution in [0.25, 0.3) is 10.8 Å². The first-order valence-corrected chi connectivity index (χ1v) is 9.19. The largest absolute Gasteiger partial charge is 0.368 e. The lowest BCUT2D eigenvalue weighted by atomic mass is 9.94. The minimum atomic E-state index is 0.569. The third-order valence-electron chi connectivity index (χ3n) is 5.10. The highest BCUT2D eigenvalue weighted by molar-refractivity contribution is 5.96. The molecule has 2 heteroatoms. The lowest BCUT2D eigenvalue weighted by Gasteiger charge is -2.37. The first kappa shape index (κ1) is 16.3. The van der Waals surface area contributed by atoms with E-state index in [0.29, 0.717) is 5.92 Å². The van der Waals surface area contributed by atoms with Crippen LogP contribution in [0.4, 0.5) is 5.69 Å². The highest BCUT2D eigenvalue weighted by Gasteiger charge is 2.19. The molecule has 0 aliphatic carbocycles. The lowest BCUT2D eigenvalue weighted by Crippen LogP contribution is -2.46. The Morgan fingerprint density at radius 1 is 0.913 bits per heavy atom. The van der Waals surface area contributed by atoms with Crippen LogP contribution in [0.2, 0.25) is 0 Å². The molecule has 1 saturated heterocycles. The molecule has 0 amide bonds. The smallest absolute Gasteiger partial charge is 0.0446 e. The number of unbranched alkanes of at least 4 members (excludes halogenated alkanes) is 1. The molecular weight excluding hydrogens is 280 g/mol. The maximum Gasteiger partial charge on any atom is 0.0446 e. The number of piperazine rings is 1. The summed E-state index contributed by atoms with van der Waals surface area (Å²) in [5, 5.41) is 2.84. The lowest BCUT2D eigenvalue weighted by molar-refractivity contribution is 0.254. The number of fused-ring (bicyclic) bond motifs is 1. The van der Waals surface area contributed by atoms with E-state index < -0.39 is 0 Å². The zero-order valence-electron chi connectivity index (χ0n) is 14.9. The zero-order chi connectivity index (χ0) is 16.2. The minimum Gasteiger partial charge on any atom is -0.368 e. The normalized spacial score (nSPS) is 16.4. The van der Waals surface area contributed by atoms with Crippen LogP contribution >= 0.6 is 0 Å². The van der Waals surface area contributed by atoms with Crippen LogP contribution in [0, 0.1) is 0 Å². The quantitative estimate of drug-likeness (QED) is 0.776. The van der Waals surface area contributed by atoms with Gasteiger partial charge >= 0.3 is 0 Å². The Morgan fingerprint density at radius 3 is 2.26 bits per heavy atom. The monoisotopic (exact) mass is 310 g/mol. The van der Waals surface area contributed by atoms with Crippen LogP contribution in [0.1, 0.15) is 45.1 Å². The van der Waals surface area contributed by atoms with Crippen molar-refractivity contribution in [3.05, 3.63) is 42.0 Å². The van der Waals surface area contributed by atoms with Crippen LogP contribution in [0.15, 0.2) is 36.4 Å². The van der Waals surface area contributed by atoms with Crippen molar-refractivity contribution in [2.75, 3.05) is 37.6 Å².